The highest BCUT2D eigenvalue weighted by Crippen LogP contribution is 2.38. The number of aromatic nitrogens is 2. The Balaban J connectivity index is 1.60. The first-order valence-corrected chi connectivity index (χ1v) is 11.9. The van der Waals surface area contributed by atoms with Gasteiger partial charge in [0.25, 0.3) is 5.91 Å². The maximum atomic E-state index is 12.7. The molecule has 0 fully saturated rings. The van der Waals surface area contributed by atoms with Crippen LogP contribution in [0.25, 0.3) is 0 Å². The number of hydrogen-bond donors (Lipinski definition) is 2. The van der Waals surface area contributed by atoms with Crippen molar-refractivity contribution in [3.63, 3.8) is 0 Å². The molecule has 10 nitrogen and oxygen atoms in total. The van der Waals surface area contributed by atoms with Crippen LogP contribution < -0.4 is 29.6 Å². The zero-order valence-corrected chi connectivity index (χ0v) is 20.7. The quantitative estimate of drug-likeness (QED) is 0.295. The summed E-state index contributed by atoms with van der Waals surface area (Å²) in [6.45, 7) is 2.37. The molecular weight excluding hydrogens is 480 g/mol. The van der Waals surface area contributed by atoms with Crippen LogP contribution in [0, 0.1) is 0 Å². The van der Waals surface area contributed by atoms with E-state index in [-0.39, 0.29) is 11.7 Å². The molecule has 0 bridgehead atoms. The number of rotatable bonds is 11. The smallest absolute Gasteiger partial charge is 0.257 e. The van der Waals surface area contributed by atoms with E-state index in [4.69, 9.17) is 18.9 Å². The van der Waals surface area contributed by atoms with Gasteiger partial charge in [-0.2, -0.15) is 0 Å². The summed E-state index contributed by atoms with van der Waals surface area (Å²) >= 11 is 2.37. The molecule has 3 rings (SSSR count). The fourth-order valence-electron chi connectivity index (χ4n) is 2.86. The minimum absolute atomic E-state index is 0.121. The van der Waals surface area contributed by atoms with Gasteiger partial charge in [0.05, 0.1) is 39.4 Å². The van der Waals surface area contributed by atoms with Crippen LogP contribution >= 0.6 is 23.1 Å². The predicted octanol–water partition coefficient (Wildman–Crippen LogP) is 3.95. The zero-order valence-electron chi connectivity index (χ0n) is 19.0. The van der Waals surface area contributed by atoms with Crippen molar-refractivity contribution >= 4 is 45.7 Å². The Hall–Kier alpha value is -3.51. The summed E-state index contributed by atoms with van der Waals surface area (Å²) in [6.07, 6.45) is 0. The van der Waals surface area contributed by atoms with Gasteiger partial charge in [-0.25, -0.2) is 0 Å². The lowest BCUT2D eigenvalue weighted by Crippen LogP contribution is -2.14. The summed E-state index contributed by atoms with van der Waals surface area (Å²) < 4.78 is 21.9. The van der Waals surface area contributed by atoms with Gasteiger partial charge in [-0.05, 0) is 31.2 Å². The molecule has 12 heteroatoms. The van der Waals surface area contributed by atoms with Gasteiger partial charge in [0.2, 0.25) is 16.8 Å². The number of anilines is 2. The van der Waals surface area contributed by atoms with Crippen molar-refractivity contribution < 1.29 is 28.5 Å². The summed E-state index contributed by atoms with van der Waals surface area (Å²) in [6, 6.07) is 10.3. The second kappa shape index (κ2) is 12.1. The van der Waals surface area contributed by atoms with Crippen molar-refractivity contribution in [1.29, 1.82) is 0 Å². The van der Waals surface area contributed by atoms with E-state index >= 15 is 0 Å². The Kier molecular flexibility index (Phi) is 8.93. The molecule has 1 aromatic heterocycles. The van der Waals surface area contributed by atoms with E-state index in [9.17, 15) is 9.59 Å². The molecular formula is C22H24N4O6S2. The van der Waals surface area contributed by atoms with Crippen molar-refractivity contribution in [3.05, 3.63) is 42.0 Å². The minimum Gasteiger partial charge on any atom is -0.493 e. The first-order chi connectivity index (χ1) is 16.5. The first-order valence-electron chi connectivity index (χ1n) is 10.1. The van der Waals surface area contributed by atoms with Crippen LogP contribution in [0.4, 0.5) is 10.8 Å². The molecule has 1 heterocycles. The van der Waals surface area contributed by atoms with Crippen LogP contribution in [0.5, 0.6) is 23.0 Å². The summed E-state index contributed by atoms with van der Waals surface area (Å²) in [5.41, 5.74) is 0.900. The lowest BCUT2D eigenvalue weighted by Gasteiger charge is -2.13. The molecule has 2 N–H and O–H groups in total. The molecule has 0 radical (unpaired) electrons. The summed E-state index contributed by atoms with van der Waals surface area (Å²) in [5, 5.41) is 13.8. The molecule has 0 saturated heterocycles. The van der Waals surface area contributed by atoms with Gasteiger partial charge in [-0.1, -0.05) is 35.2 Å². The van der Waals surface area contributed by atoms with Crippen LogP contribution in [0.15, 0.2) is 40.7 Å². The molecule has 0 unspecified atom stereocenters. The molecule has 0 aliphatic rings. The standard InChI is InChI=1S/C22H24N4O6S2/c1-5-32-15-9-7-6-8-14(15)23-18(27)12-33-22-26-25-21(34-22)24-20(28)13-10-16(29-2)19(31-4)17(11-13)30-3/h6-11H,5,12H2,1-4H3,(H,23,27)(H,24,25,28). The molecule has 0 aliphatic carbocycles. The molecule has 3 aromatic rings. The van der Waals surface area contributed by atoms with Crippen LogP contribution in [0.1, 0.15) is 17.3 Å². The molecule has 0 aliphatic heterocycles. The van der Waals surface area contributed by atoms with E-state index in [0.717, 1.165) is 11.3 Å². The average Bonchev–Trinajstić information content (AvgIpc) is 3.30. The SMILES string of the molecule is CCOc1ccccc1NC(=O)CSc1nnc(NC(=O)c2cc(OC)c(OC)c(OC)c2)s1. The number of ether oxygens (including phenoxy) is 4. The second-order valence-electron chi connectivity index (χ2n) is 6.51. The number of methoxy groups -OCH3 is 3. The molecule has 180 valence electrons. The number of benzene rings is 2. The number of nitrogens with zero attached hydrogens (tertiary/aromatic N) is 2. The summed E-state index contributed by atoms with van der Waals surface area (Å²) in [7, 11) is 4.43. The number of carbonyl (C=O) groups excluding carboxylic acids is 2. The molecule has 0 spiro atoms. The number of para-hydroxylation sites is 2. The number of hydrogen-bond acceptors (Lipinski definition) is 10. The maximum absolute atomic E-state index is 12.7. The van der Waals surface area contributed by atoms with E-state index < -0.39 is 5.91 Å². The fraction of sp³-hybridized carbons (Fsp3) is 0.273. The average molecular weight is 505 g/mol. The Morgan fingerprint density at radius 2 is 1.68 bits per heavy atom. The largest absolute Gasteiger partial charge is 0.493 e. The molecule has 2 amide bonds. The van der Waals surface area contributed by atoms with E-state index in [2.05, 4.69) is 20.8 Å². The van der Waals surface area contributed by atoms with E-state index in [1.807, 2.05) is 19.1 Å². The van der Waals surface area contributed by atoms with Gasteiger partial charge in [0.15, 0.2) is 15.8 Å². The normalized spacial score (nSPS) is 10.4. The topological polar surface area (TPSA) is 121 Å². The second-order valence-corrected chi connectivity index (χ2v) is 8.71. The summed E-state index contributed by atoms with van der Waals surface area (Å²) in [4.78, 5) is 25.1. The van der Waals surface area contributed by atoms with Gasteiger partial charge in [0, 0.05) is 5.56 Å². The number of carbonyl (C=O) groups is 2. The van der Waals surface area contributed by atoms with Crippen LogP contribution in [0.2, 0.25) is 0 Å². The van der Waals surface area contributed by atoms with Crippen molar-refractivity contribution in [2.45, 2.75) is 11.3 Å². The predicted molar refractivity (Wildman–Crippen MR) is 131 cm³/mol. The third-order valence-electron chi connectivity index (χ3n) is 4.34. The van der Waals surface area contributed by atoms with Gasteiger partial charge >= 0.3 is 0 Å². The van der Waals surface area contributed by atoms with Gasteiger partial charge in [0.1, 0.15) is 5.75 Å². The van der Waals surface area contributed by atoms with Crippen LogP contribution in [-0.4, -0.2) is 55.7 Å². The van der Waals surface area contributed by atoms with Crippen molar-refractivity contribution in [2.75, 3.05) is 44.3 Å². The Labute approximate surface area is 205 Å². The molecule has 0 saturated carbocycles. The lowest BCUT2D eigenvalue weighted by molar-refractivity contribution is -0.113. The van der Waals surface area contributed by atoms with Gasteiger partial charge < -0.3 is 24.3 Å². The van der Waals surface area contributed by atoms with Crippen molar-refractivity contribution in [3.8, 4) is 23.0 Å². The first kappa shape index (κ1) is 25.1. The van der Waals surface area contributed by atoms with E-state index in [1.54, 1.807) is 12.1 Å². The Morgan fingerprint density at radius 1 is 0.971 bits per heavy atom. The van der Waals surface area contributed by atoms with Gasteiger partial charge in [-0.15, -0.1) is 10.2 Å². The molecule has 2 aromatic carbocycles. The number of thioether (sulfide) groups is 1. The lowest BCUT2D eigenvalue weighted by atomic mass is 10.1. The minimum atomic E-state index is -0.419. The molecule has 34 heavy (non-hydrogen) atoms. The van der Waals surface area contributed by atoms with Gasteiger partial charge in [-0.3, -0.25) is 14.9 Å². The number of amides is 2. The highest BCUT2D eigenvalue weighted by molar-refractivity contribution is 8.01. The Morgan fingerprint density at radius 3 is 2.32 bits per heavy atom. The molecule has 0 atom stereocenters. The highest BCUT2D eigenvalue weighted by atomic mass is 32.2. The highest BCUT2D eigenvalue weighted by Gasteiger charge is 2.18. The van der Waals surface area contributed by atoms with E-state index in [1.165, 1.54) is 45.2 Å². The zero-order chi connectivity index (χ0) is 24.5. The van der Waals surface area contributed by atoms with Crippen molar-refractivity contribution in [1.82, 2.24) is 10.2 Å². The number of nitrogens with one attached hydrogen (secondary N) is 2. The monoisotopic (exact) mass is 504 g/mol. The summed E-state index contributed by atoms with van der Waals surface area (Å²) in [5.74, 6) is 1.20. The third-order valence-corrected chi connectivity index (χ3v) is 6.31. The maximum Gasteiger partial charge on any atom is 0.257 e. The fourth-order valence-corrected chi connectivity index (χ4v) is 4.41. The van der Waals surface area contributed by atoms with E-state index in [0.29, 0.717) is 50.3 Å². The van der Waals surface area contributed by atoms with Crippen LogP contribution in [-0.2, 0) is 4.79 Å². The third kappa shape index (κ3) is 6.29. The Bertz CT molecular complexity index is 1130. The van der Waals surface area contributed by atoms with Crippen LogP contribution in [0.3, 0.4) is 0 Å². The van der Waals surface area contributed by atoms with Crippen molar-refractivity contribution in [2.24, 2.45) is 0 Å².